The summed E-state index contributed by atoms with van der Waals surface area (Å²) < 4.78 is 5.22. The summed E-state index contributed by atoms with van der Waals surface area (Å²) >= 11 is 0. The maximum absolute atomic E-state index is 10.0. The van der Waals surface area contributed by atoms with Crippen LogP contribution in [0, 0.1) is 5.41 Å². The van der Waals surface area contributed by atoms with Crippen LogP contribution < -0.4 is 10.1 Å². The van der Waals surface area contributed by atoms with E-state index in [0.29, 0.717) is 6.54 Å². The van der Waals surface area contributed by atoms with Crippen LogP contribution in [0.15, 0.2) is 23.2 Å². The number of guanidine groups is 1. The van der Waals surface area contributed by atoms with Crippen LogP contribution in [-0.2, 0) is 6.54 Å². The monoisotopic (exact) mass is 447 g/mol. The van der Waals surface area contributed by atoms with Crippen molar-refractivity contribution < 1.29 is 9.84 Å². The number of aliphatic imine (C=N–C) groups is 1. The quantitative estimate of drug-likeness (QED) is 0.421. The van der Waals surface area contributed by atoms with E-state index in [1.165, 1.54) is 0 Å². The Morgan fingerprint density at radius 2 is 2.00 bits per heavy atom. The molecule has 1 heterocycles. The van der Waals surface area contributed by atoms with Crippen LogP contribution >= 0.6 is 24.0 Å². The Morgan fingerprint density at radius 1 is 1.33 bits per heavy atom. The first-order chi connectivity index (χ1) is 10.7. The molecule has 5 nitrogen and oxygen atoms in total. The van der Waals surface area contributed by atoms with Crippen LogP contribution in [0.1, 0.15) is 40.2 Å². The van der Waals surface area contributed by atoms with Gasteiger partial charge in [0, 0.05) is 29.6 Å². The van der Waals surface area contributed by atoms with Crippen molar-refractivity contribution >= 4 is 29.9 Å². The van der Waals surface area contributed by atoms with Gasteiger partial charge in [-0.1, -0.05) is 13.8 Å². The third kappa shape index (κ3) is 3.90. The highest BCUT2D eigenvalue weighted by atomic mass is 127. The molecule has 0 aliphatic carbocycles. The molecule has 0 atom stereocenters. The molecule has 24 heavy (non-hydrogen) atoms. The molecule has 2 rings (SSSR count). The molecule has 1 aromatic rings. The van der Waals surface area contributed by atoms with E-state index in [0.717, 1.165) is 30.4 Å². The molecule has 0 spiro atoms. The second-order valence-corrected chi connectivity index (χ2v) is 7.19. The first-order valence-electron chi connectivity index (χ1n) is 8.15. The number of halogens is 1. The summed E-state index contributed by atoms with van der Waals surface area (Å²) in [5.41, 5.74) is 1.06. The number of phenols is 1. The van der Waals surface area contributed by atoms with Gasteiger partial charge in [-0.15, -0.1) is 24.0 Å². The van der Waals surface area contributed by atoms with E-state index in [1.54, 1.807) is 19.2 Å². The number of nitrogens with zero attached hydrogens (tertiary/aromatic N) is 2. The molecule has 2 N–H and O–H groups in total. The van der Waals surface area contributed by atoms with Crippen molar-refractivity contribution in [3.63, 3.8) is 0 Å². The number of phenolic OH excluding ortho intramolecular Hbond substituents is 1. The second-order valence-electron chi connectivity index (χ2n) is 7.19. The van der Waals surface area contributed by atoms with Crippen LogP contribution in [0.5, 0.6) is 11.5 Å². The number of likely N-dealkylation sites (tertiary alicyclic amines) is 1. The molecule has 1 aromatic carbocycles. The molecule has 0 unspecified atom stereocenters. The summed E-state index contributed by atoms with van der Waals surface area (Å²) in [5.74, 6) is 1.86. The highest BCUT2D eigenvalue weighted by Gasteiger charge is 2.53. The van der Waals surface area contributed by atoms with Gasteiger partial charge < -0.3 is 20.1 Å². The molecular formula is C18H30IN3O2. The standard InChI is InChI=1S/C18H29N3O2.HI/c1-7-19-16(21-12-17(2,3)18(21,4)5)20-11-13-10-14(23-6)8-9-15(13)22;/h8-10,22H,7,11-12H2,1-6H3,(H,19,20);1H. The van der Waals surface area contributed by atoms with E-state index >= 15 is 0 Å². The SMILES string of the molecule is CCNC(=NCc1cc(OC)ccc1O)N1CC(C)(C)C1(C)C.I. The first-order valence-corrected chi connectivity index (χ1v) is 8.15. The molecule has 136 valence electrons. The molecule has 0 aromatic heterocycles. The Hall–Kier alpha value is -1.18. The third-order valence-corrected chi connectivity index (χ3v) is 5.16. The van der Waals surface area contributed by atoms with E-state index < -0.39 is 0 Å². The van der Waals surface area contributed by atoms with Gasteiger partial charge in [0.2, 0.25) is 0 Å². The lowest BCUT2D eigenvalue weighted by molar-refractivity contribution is -0.0667. The Kier molecular flexibility index (Phi) is 6.78. The lowest BCUT2D eigenvalue weighted by Crippen LogP contribution is -2.72. The van der Waals surface area contributed by atoms with Gasteiger partial charge in [-0.05, 0) is 39.0 Å². The maximum Gasteiger partial charge on any atom is 0.194 e. The summed E-state index contributed by atoms with van der Waals surface area (Å²) in [6.45, 7) is 13.3. The number of nitrogens with one attached hydrogen (secondary N) is 1. The minimum Gasteiger partial charge on any atom is -0.508 e. The van der Waals surface area contributed by atoms with E-state index in [4.69, 9.17) is 9.73 Å². The average molecular weight is 447 g/mol. The fourth-order valence-electron chi connectivity index (χ4n) is 2.77. The predicted molar refractivity (Wildman–Crippen MR) is 109 cm³/mol. The predicted octanol–water partition coefficient (Wildman–Crippen LogP) is 3.60. The zero-order valence-electron chi connectivity index (χ0n) is 15.5. The fourth-order valence-corrected chi connectivity index (χ4v) is 2.77. The highest BCUT2D eigenvalue weighted by molar-refractivity contribution is 14.0. The van der Waals surface area contributed by atoms with Gasteiger partial charge in [0.05, 0.1) is 13.7 Å². The molecule has 0 radical (unpaired) electrons. The number of hydrogen-bond donors (Lipinski definition) is 2. The molecule has 1 fully saturated rings. The van der Waals surface area contributed by atoms with E-state index in [9.17, 15) is 5.11 Å². The summed E-state index contributed by atoms with van der Waals surface area (Å²) in [4.78, 5) is 7.02. The Morgan fingerprint density at radius 3 is 2.50 bits per heavy atom. The van der Waals surface area contributed by atoms with Crippen molar-refractivity contribution in [1.82, 2.24) is 10.2 Å². The van der Waals surface area contributed by atoms with Gasteiger partial charge in [-0.25, -0.2) is 4.99 Å². The van der Waals surface area contributed by atoms with Crippen molar-refractivity contribution in [3.05, 3.63) is 23.8 Å². The highest BCUT2D eigenvalue weighted by Crippen LogP contribution is 2.46. The van der Waals surface area contributed by atoms with Crippen molar-refractivity contribution in [2.24, 2.45) is 10.4 Å². The summed E-state index contributed by atoms with van der Waals surface area (Å²) in [7, 11) is 1.62. The number of methoxy groups -OCH3 is 1. The van der Waals surface area contributed by atoms with E-state index in [2.05, 4.69) is 44.8 Å². The van der Waals surface area contributed by atoms with Gasteiger partial charge in [-0.2, -0.15) is 0 Å². The molecular weight excluding hydrogens is 417 g/mol. The number of aromatic hydroxyl groups is 1. The summed E-state index contributed by atoms with van der Waals surface area (Å²) in [5, 5.41) is 13.4. The molecule has 0 bridgehead atoms. The summed E-state index contributed by atoms with van der Waals surface area (Å²) in [6, 6.07) is 5.22. The molecule has 1 aliphatic heterocycles. The molecule has 1 saturated heterocycles. The maximum atomic E-state index is 10.0. The minimum atomic E-state index is 0. The molecule has 0 saturated carbocycles. The molecule has 6 heteroatoms. The van der Waals surface area contributed by atoms with Gasteiger partial charge >= 0.3 is 0 Å². The Labute approximate surface area is 162 Å². The van der Waals surface area contributed by atoms with Crippen LogP contribution in [0.3, 0.4) is 0 Å². The third-order valence-electron chi connectivity index (χ3n) is 5.16. The van der Waals surface area contributed by atoms with Crippen molar-refractivity contribution in [3.8, 4) is 11.5 Å². The summed E-state index contributed by atoms with van der Waals surface area (Å²) in [6.07, 6.45) is 0. The van der Waals surface area contributed by atoms with Crippen molar-refractivity contribution in [2.75, 3.05) is 20.2 Å². The van der Waals surface area contributed by atoms with Crippen LogP contribution in [0.4, 0.5) is 0 Å². The zero-order valence-corrected chi connectivity index (χ0v) is 17.8. The van der Waals surface area contributed by atoms with Crippen LogP contribution in [0.2, 0.25) is 0 Å². The van der Waals surface area contributed by atoms with Gasteiger partial charge in [0.15, 0.2) is 5.96 Å². The van der Waals surface area contributed by atoms with Crippen LogP contribution in [-0.4, -0.2) is 41.7 Å². The van der Waals surface area contributed by atoms with Gasteiger partial charge in [0.1, 0.15) is 11.5 Å². The largest absolute Gasteiger partial charge is 0.508 e. The van der Waals surface area contributed by atoms with E-state index in [-0.39, 0.29) is 40.7 Å². The number of benzene rings is 1. The average Bonchev–Trinajstić information content (AvgIpc) is 2.50. The fraction of sp³-hybridized carbons (Fsp3) is 0.611. The van der Waals surface area contributed by atoms with Gasteiger partial charge in [0.25, 0.3) is 0 Å². The van der Waals surface area contributed by atoms with Gasteiger partial charge in [-0.3, -0.25) is 0 Å². The lowest BCUT2D eigenvalue weighted by atomic mass is 9.65. The topological polar surface area (TPSA) is 57.1 Å². The van der Waals surface area contributed by atoms with E-state index in [1.807, 2.05) is 6.07 Å². The van der Waals surface area contributed by atoms with Crippen LogP contribution in [0.25, 0.3) is 0 Å². The lowest BCUT2D eigenvalue weighted by Gasteiger charge is -2.62. The number of rotatable bonds is 4. The molecule has 1 aliphatic rings. The number of hydrogen-bond acceptors (Lipinski definition) is 3. The number of ether oxygens (including phenoxy) is 1. The molecule has 0 amide bonds. The Balaban J connectivity index is 0.00000288. The second kappa shape index (κ2) is 7.80. The minimum absolute atomic E-state index is 0. The zero-order chi connectivity index (χ0) is 17.3. The normalized spacial score (nSPS) is 18.4. The smallest absolute Gasteiger partial charge is 0.194 e. The first kappa shape index (κ1) is 20.9. The Bertz CT molecular complexity index is 600. The van der Waals surface area contributed by atoms with Crippen molar-refractivity contribution in [1.29, 1.82) is 0 Å². The van der Waals surface area contributed by atoms with Crippen molar-refractivity contribution in [2.45, 2.75) is 46.7 Å².